The van der Waals surface area contributed by atoms with Crippen LogP contribution in [0.1, 0.15) is 32.6 Å². The van der Waals surface area contributed by atoms with Crippen molar-refractivity contribution in [2.24, 2.45) is 5.92 Å². The van der Waals surface area contributed by atoms with Gasteiger partial charge in [0, 0.05) is 13.1 Å². The second kappa shape index (κ2) is 6.40. The first-order valence-electron chi connectivity index (χ1n) is 7.62. The van der Waals surface area contributed by atoms with Crippen LogP contribution in [0, 0.1) is 5.92 Å². The van der Waals surface area contributed by atoms with Crippen LogP contribution in [0.4, 0.5) is 4.79 Å². The van der Waals surface area contributed by atoms with E-state index in [1.165, 1.54) is 0 Å². The minimum atomic E-state index is -0.197. The van der Waals surface area contributed by atoms with Crippen LogP contribution < -0.4 is 4.74 Å². The van der Waals surface area contributed by atoms with Gasteiger partial charge >= 0.3 is 6.09 Å². The van der Waals surface area contributed by atoms with Crippen LogP contribution in [-0.4, -0.2) is 46.3 Å². The Morgan fingerprint density at radius 1 is 1.36 bits per heavy atom. The number of halogens is 1. The summed E-state index contributed by atoms with van der Waals surface area (Å²) in [5.74, 6) is 0.970. The number of aromatic nitrogens is 2. The molecule has 1 aliphatic heterocycles. The van der Waals surface area contributed by atoms with E-state index < -0.39 is 0 Å². The first-order valence-corrected chi connectivity index (χ1v) is 8.42. The molecule has 6 nitrogen and oxygen atoms in total. The van der Waals surface area contributed by atoms with E-state index in [2.05, 4.69) is 25.9 Å². The molecule has 0 radical (unpaired) electrons. The van der Waals surface area contributed by atoms with Crippen LogP contribution in [0.25, 0.3) is 0 Å². The highest BCUT2D eigenvalue weighted by molar-refractivity contribution is 9.10. The zero-order chi connectivity index (χ0) is 15.6. The van der Waals surface area contributed by atoms with Gasteiger partial charge in [0.05, 0.1) is 19.0 Å². The normalized spacial score (nSPS) is 20.5. The molecule has 1 saturated heterocycles. The number of amides is 1. The molecule has 3 rings (SSSR count). The summed E-state index contributed by atoms with van der Waals surface area (Å²) in [5, 5.41) is 0. The summed E-state index contributed by atoms with van der Waals surface area (Å²) < 4.78 is 11.8. The molecule has 1 aromatic heterocycles. The lowest BCUT2D eigenvalue weighted by molar-refractivity contribution is 0.0454. The van der Waals surface area contributed by atoms with Gasteiger partial charge in [-0.15, -0.1) is 0 Å². The molecule has 22 heavy (non-hydrogen) atoms. The molecular weight excluding hydrogens is 350 g/mol. The second-order valence-corrected chi connectivity index (χ2v) is 7.05. The number of hydrogen-bond acceptors (Lipinski definition) is 5. The average Bonchev–Trinajstić information content (AvgIpc) is 3.24. The van der Waals surface area contributed by atoms with Crippen LogP contribution in [0.5, 0.6) is 5.88 Å². The fourth-order valence-electron chi connectivity index (χ4n) is 2.41. The van der Waals surface area contributed by atoms with Gasteiger partial charge in [0.2, 0.25) is 5.88 Å². The van der Waals surface area contributed by atoms with Gasteiger partial charge in [-0.1, -0.05) is 0 Å². The lowest BCUT2D eigenvalue weighted by Crippen LogP contribution is -2.41. The molecule has 0 unspecified atom stereocenters. The Kier molecular flexibility index (Phi) is 4.52. The van der Waals surface area contributed by atoms with E-state index in [1.807, 2.05) is 6.92 Å². The molecule has 0 bridgehead atoms. The SMILES string of the molecule is CC1(OC(=O)N2CCC(COc3cnc(Br)cn3)CC2)CC1. The van der Waals surface area contributed by atoms with Crippen molar-refractivity contribution in [2.45, 2.75) is 38.2 Å². The summed E-state index contributed by atoms with van der Waals surface area (Å²) >= 11 is 3.24. The number of hydrogen-bond donors (Lipinski definition) is 0. The third-order valence-electron chi connectivity index (χ3n) is 4.22. The van der Waals surface area contributed by atoms with E-state index in [9.17, 15) is 4.79 Å². The van der Waals surface area contributed by atoms with Crippen LogP contribution >= 0.6 is 15.9 Å². The van der Waals surface area contributed by atoms with Gasteiger partial charge < -0.3 is 14.4 Å². The molecule has 2 fully saturated rings. The van der Waals surface area contributed by atoms with Crippen LogP contribution in [0.3, 0.4) is 0 Å². The zero-order valence-electron chi connectivity index (χ0n) is 12.6. The molecule has 7 heteroatoms. The van der Waals surface area contributed by atoms with Gasteiger partial charge in [-0.2, -0.15) is 0 Å². The van der Waals surface area contributed by atoms with E-state index in [-0.39, 0.29) is 11.7 Å². The van der Waals surface area contributed by atoms with Crippen LogP contribution in [0.2, 0.25) is 0 Å². The Bertz CT molecular complexity index is 525. The van der Waals surface area contributed by atoms with E-state index in [4.69, 9.17) is 9.47 Å². The van der Waals surface area contributed by atoms with Crippen LogP contribution in [0.15, 0.2) is 17.0 Å². The molecule has 1 aromatic rings. The van der Waals surface area contributed by atoms with Crippen LogP contribution in [-0.2, 0) is 4.74 Å². The van der Waals surface area contributed by atoms with Gasteiger partial charge in [0.15, 0.2) is 0 Å². The number of carbonyl (C=O) groups is 1. The highest BCUT2D eigenvalue weighted by atomic mass is 79.9. The smallest absolute Gasteiger partial charge is 0.410 e. The molecule has 1 amide bonds. The van der Waals surface area contributed by atoms with Crippen molar-refractivity contribution < 1.29 is 14.3 Å². The molecule has 0 spiro atoms. The third-order valence-corrected chi connectivity index (χ3v) is 4.63. The summed E-state index contributed by atoms with van der Waals surface area (Å²) in [6, 6.07) is 0. The molecule has 120 valence electrons. The topological polar surface area (TPSA) is 64.5 Å². The van der Waals surface area contributed by atoms with Crippen molar-refractivity contribution in [3.63, 3.8) is 0 Å². The van der Waals surface area contributed by atoms with E-state index >= 15 is 0 Å². The number of ether oxygens (including phenoxy) is 2. The molecule has 0 aromatic carbocycles. The second-order valence-electron chi connectivity index (χ2n) is 6.24. The summed E-state index contributed by atoms with van der Waals surface area (Å²) in [4.78, 5) is 22.0. The average molecular weight is 370 g/mol. The highest BCUT2D eigenvalue weighted by Crippen LogP contribution is 2.39. The number of likely N-dealkylation sites (tertiary alicyclic amines) is 1. The van der Waals surface area contributed by atoms with E-state index in [1.54, 1.807) is 17.3 Å². The molecular formula is C15H20BrN3O3. The first-order chi connectivity index (χ1) is 10.5. The third kappa shape index (κ3) is 4.09. The number of rotatable bonds is 4. The largest absolute Gasteiger partial charge is 0.476 e. The van der Waals surface area contributed by atoms with Crippen molar-refractivity contribution in [3.05, 3.63) is 17.0 Å². The van der Waals surface area contributed by atoms with Gasteiger partial charge in [0.1, 0.15) is 10.2 Å². The number of piperidine rings is 1. The Morgan fingerprint density at radius 2 is 2.09 bits per heavy atom. The predicted molar refractivity (Wildman–Crippen MR) is 83.6 cm³/mol. The summed E-state index contributed by atoms with van der Waals surface area (Å²) in [5.41, 5.74) is -0.197. The number of carbonyl (C=O) groups excluding carboxylic acids is 1. The van der Waals surface area contributed by atoms with Crippen molar-refractivity contribution in [1.82, 2.24) is 14.9 Å². The quantitative estimate of drug-likeness (QED) is 0.815. The van der Waals surface area contributed by atoms with E-state index in [0.29, 0.717) is 23.0 Å². The Hall–Kier alpha value is -1.37. The Labute approximate surface area is 138 Å². The van der Waals surface area contributed by atoms with E-state index in [0.717, 1.165) is 38.8 Å². The van der Waals surface area contributed by atoms with Gasteiger partial charge in [0.25, 0.3) is 0 Å². The summed E-state index contributed by atoms with van der Waals surface area (Å²) in [6.07, 6.45) is 6.87. The molecule has 2 heterocycles. The summed E-state index contributed by atoms with van der Waals surface area (Å²) in [7, 11) is 0. The fourth-order valence-corrected chi connectivity index (χ4v) is 2.62. The van der Waals surface area contributed by atoms with Crippen molar-refractivity contribution >= 4 is 22.0 Å². The lowest BCUT2D eigenvalue weighted by Gasteiger charge is -2.31. The standard InChI is InChI=1S/C15H20BrN3O3/c1-15(4-5-15)22-14(20)19-6-2-11(3-7-19)10-21-13-9-17-12(16)8-18-13/h8-9,11H,2-7,10H2,1H3. The van der Waals surface area contributed by atoms with Gasteiger partial charge in [-0.3, -0.25) is 0 Å². The minimum Gasteiger partial charge on any atom is -0.476 e. The number of nitrogens with zero attached hydrogens (tertiary/aromatic N) is 3. The van der Waals surface area contributed by atoms with Gasteiger partial charge in [-0.25, -0.2) is 14.8 Å². The maximum absolute atomic E-state index is 12.0. The Morgan fingerprint density at radius 3 is 2.68 bits per heavy atom. The maximum atomic E-state index is 12.0. The maximum Gasteiger partial charge on any atom is 0.410 e. The molecule has 2 aliphatic rings. The fraction of sp³-hybridized carbons (Fsp3) is 0.667. The Balaban J connectivity index is 1.39. The summed E-state index contributed by atoms with van der Waals surface area (Å²) in [6.45, 7) is 4.06. The first kappa shape index (κ1) is 15.5. The predicted octanol–water partition coefficient (Wildman–Crippen LogP) is 3.02. The zero-order valence-corrected chi connectivity index (χ0v) is 14.2. The molecule has 1 saturated carbocycles. The van der Waals surface area contributed by atoms with Crippen molar-refractivity contribution in [3.8, 4) is 5.88 Å². The lowest BCUT2D eigenvalue weighted by atomic mass is 9.98. The molecule has 0 N–H and O–H groups in total. The molecule has 0 atom stereocenters. The molecule has 1 aliphatic carbocycles. The highest BCUT2D eigenvalue weighted by Gasteiger charge is 2.43. The van der Waals surface area contributed by atoms with Crippen molar-refractivity contribution in [1.29, 1.82) is 0 Å². The monoisotopic (exact) mass is 369 g/mol. The van der Waals surface area contributed by atoms with Crippen molar-refractivity contribution in [2.75, 3.05) is 19.7 Å². The van der Waals surface area contributed by atoms with Gasteiger partial charge in [-0.05, 0) is 54.5 Å². The minimum absolute atomic E-state index is 0.168.